The van der Waals surface area contributed by atoms with Crippen molar-refractivity contribution < 1.29 is 14.3 Å². The van der Waals surface area contributed by atoms with E-state index in [0.29, 0.717) is 5.69 Å². The van der Waals surface area contributed by atoms with Crippen molar-refractivity contribution >= 4 is 28.7 Å². The van der Waals surface area contributed by atoms with Gasteiger partial charge in [0.15, 0.2) is 6.10 Å². The number of para-hydroxylation sites is 1. The van der Waals surface area contributed by atoms with E-state index in [1.54, 1.807) is 23.7 Å². The van der Waals surface area contributed by atoms with Crippen molar-refractivity contribution in [3.05, 3.63) is 54.5 Å². The number of anilines is 1. The van der Waals surface area contributed by atoms with Crippen LogP contribution in [0.1, 0.15) is 17.4 Å². The van der Waals surface area contributed by atoms with Crippen LogP contribution in [0.5, 0.6) is 0 Å². The Labute approximate surface area is 138 Å². The van der Waals surface area contributed by atoms with Gasteiger partial charge in [0.05, 0.1) is 0 Å². The van der Waals surface area contributed by atoms with E-state index in [4.69, 9.17) is 4.74 Å². The molecular weight excluding hydrogens is 308 g/mol. The third kappa shape index (κ3) is 3.10. The molecule has 3 aromatic rings. The molecule has 0 saturated carbocycles. The van der Waals surface area contributed by atoms with Crippen molar-refractivity contribution in [2.75, 3.05) is 5.32 Å². The van der Waals surface area contributed by atoms with Crippen molar-refractivity contribution in [3.8, 4) is 0 Å². The normalized spacial score (nSPS) is 11.9. The van der Waals surface area contributed by atoms with E-state index in [1.165, 1.54) is 19.3 Å². The Morgan fingerprint density at radius 1 is 1.17 bits per heavy atom. The number of ether oxygens (including phenoxy) is 1. The Kier molecular flexibility index (Phi) is 4.24. The molecule has 7 nitrogen and oxygen atoms in total. The average Bonchev–Trinajstić information content (AvgIpc) is 2.93. The SMILES string of the molecule is C[C@@H](OC(=O)c1cc2ccccc2n1C)C(=O)Nc1ncccn1. The van der Waals surface area contributed by atoms with Gasteiger partial charge in [0.2, 0.25) is 5.95 Å². The molecule has 0 radical (unpaired) electrons. The first-order valence-corrected chi connectivity index (χ1v) is 7.39. The molecule has 3 rings (SSSR count). The number of aryl methyl sites for hydroxylation is 1. The lowest BCUT2D eigenvalue weighted by molar-refractivity contribution is -0.123. The van der Waals surface area contributed by atoms with Crippen LogP contribution in [0.15, 0.2) is 48.8 Å². The predicted molar refractivity (Wildman–Crippen MR) is 88.5 cm³/mol. The lowest BCUT2D eigenvalue weighted by atomic mass is 10.2. The minimum atomic E-state index is -0.973. The summed E-state index contributed by atoms with van der Waals surface area (Å²) in [5.41, 5.74) is 1.30. The van der Waals surface area contributed by atoms with Gasteiger partial charge in [0.25, 0.3) is 5.91 Å². The lowest BCUT2D eigenvalue weighted by Gasteiger charge is -2.13. The monoisotopic (exact) mass is 324 g/mol. The first-order valence-electron chi connectivity index (χ1n) is 7.39. The first-order chi connectivity index (χ1) is 11.6. The maximum atomic E-state index is 12.3. The van der Waals surface area contributed by atoms with E-state index in [-0.39, 0.29) is 5.95 Å². The highest BCUT2D eigenvalue weighted by atomic mass is 16.5. The Morgan fingerprint density at radius 3 is 2.58 bits per heavy atom. The smallest absolute Gasteiger partial charge is 0.355 e. The van der Waals surface area contributed by atoms with Crippen LogP contribution in [0.25, 0.3) is 10.9 Å². The van der Waals surface area contributed by atoms with Crippen LogP contribution in [-0.4, -0.2) is 32.5 Å². The van der Waals surface area contributed by atoms with E-state index in [2.05, 4.69) is 15.3 Å². The number of aromatic nitrogens is 3. The first kappa shape index (κ1) is 15.7. The third-order valence-corrected chi connectivity index (χ3v) is 3.61. The number of amides is 1. The molecule has 2 aromatic heterocycles. The van der Waals surface area contributed by atoms with E-state index in [1.807, 2.05) is 24.3 Å². The second-order valence-electron chi connectivity index (χ2n) is 5.26. The van der Waals surface area contributed by atoms with Crippen LogP contribution in [0.2, 0.25) is 0 Å². The number of hydrogen-bond acceptors (Lipinski definition) is 5. The fourth-order valence-electron chi connectivity index (χ4n) is 2.33. The number of nitrogens with zero attached hydrogens (tertiary/aromatic N) is 3. The largest absolute Gasteiger partial charge is 0.448 e. The molecule has 0 aliphatic heterocycles. The molecule has 0 aliphatic carbocycles. The molecule has 1 atom stereocenters. The number of carbonyl (C=O) groups excluding carboxylic acids is 2. The number of fused-ring (bicyclic) bond motifs is 1. The summed E-state index contributed by atoms with van der Waals surface area (Å²) in [6.45, 7) is 1.50. The van der Waals surface area contributed by atoms with Crippen molar-refractivity contribution in [2.45, 2.75) is 13.0 Å². The number of benzene rings is 1. The molecule has 0 fully saturated rings. The number of esters is 1. The van der Waals surface area contributed by atoms with Crippen LogP contribution < -0.4 is 5.32 Å². The van der Waals surface area contributed by atoms with Crippen molar-refractivity contribution in [1.29, 1.82) is 0 Å². The molecule has 1 amide bonds. The summed E-state index contributed by atoms with van der Waals surface area (Å²) in [5, 5.41) is 3.43. The van der Waals surface area contributed by atoms with Gasteiger partial charge in [-0.15, -0.1) is 0 Å². The minimum absolute atomic E-state index is 0.162. The molecule has 7 heteroatoms. The van der Waals surface area contributed by atoms with Crippen LogP contribution in [-0.2, 0) is 16.6 Å². The van der Waals surface area contributed by atoms with Gasteiger partial charge in [-0.2, -0.15) is 0 Å². The zero-order valence-corrected chi connectivity index (χ0v) is 13.3. The van der Waals surface area contributed by atoms with Crippen LogP contribution in [0.3, 0.4) is 0 Å². The number of carbonyl (C=O) groups is 2. The highest BCUT2D eigenvalue weighted by Crippen LogP contribution is 2.19. The maximum absolute atomic E-state index is 12.3. The third-order valence-electron chi connectivity index (χ3n) is 3.61. The van der Waals surface area contributed by atoms with E-state index < -0.39 is 18.0 Å². The highest BCUT2D eigenvalue weighted by Gasteiger charge is 2.22. The van der Waals surface area contributed by atoms with Crippen molar-refractivity contribution in [2.24, 2.45) is 7.05 Å². The van der Waals surface area contributed by atoms with Crippen molar-refractivity contribution in [3.63, 3.8) is 0 Å². The highest BCUT2D eigenvalue weighted by molar-refractivity contribution is 5.98. The number of rotatable bonds is 4. The second-order valence-corrected chi connectivity index (χ2v) is 5.26. The van der Waals surface area contributed by atoms with Gasteiger partial charge in [-0.25, -0.2) is 14.8 Å². The maximum Gasteiger partial charge on any atom is 0.355 e. The topological polar surface area (TPSA) is 86.1 Å². The van der Waals surface area contributed by atoms with Gasteiger partial charge in [-0.05, 0) is 25.1 Å². The Morgan fingerprint density at radius 2 is 1.88 bits per heavy atom. The molecule has 0 bridgehead atoms. The fraction of sp³-hybridized carbons (Fsp3) is 0.176. The Bertz CT molecular complexity index is 889. The summed E-state index contributed by atoms with van der Waals surface area (Å²) in [6, 6.07) is 11.0. The minimum Gasteiger partial charge on any atom is -0.448 e. The van der Waals surface area contributed by atoms with Gasteiger partial charge in [-0.3, -0.25) is 10.1 Å². The summed E-state index contributed by atoms with van der Waals surface area (Å²) < 4.78 is 6.99. The van der Waals surface area contributed by atoms with Gasteiger partial charge in [0, 0.05) is 30.3 Å². The standard InChI is InChI=1S/C17H16N4O3/c1-11(15(22)20-17-18-8-5-9-19-17)24-16(23)14-10-12-6-3-4-7-13(12)21(14)2/h3-11H,1-2H3,(H,18,19,20,22)/t11-/m1/s1. The van der Waals surface area contributed by atoms with E-state index in [9.17, 15) is 9.59 Å². The zero-order valence-electron chi connectivity index (χ0n) is 13.3. The molecule has 0 spiro atoms. The van der Waals surface area contributed by atoms with Crippen LogP contribution >= 0.6 is 0 Å². The summed E-state index contributed by atoms with van der Waals surface area (Å²) >= 11 is 0. The Balaban J connectivity index is 1.71. The number of nitrogens with one attached hydrogen (secondary N) is 1. The van der Waals surface area contributed by atoms with Crippen molar-refractivity contribution in [1.82, 2.24) is 14.5 Å². The molecule has 0 saturated heterocycles. The van der Waals surface area contributed by atoms with Gasteiger partial charge < -0.3 is 9.30 Å². The number of hydrogen-bond donors (Lipinski definition) is 1. The second kappa shape index (κ2) is 6.49. The zero-order chi connectivity index (χ0) is 17.1. The van der Waals surface area contributed by atoms with Crippen LogP contribution in [0.4, 0.5) is 5.95 Å². The summed E-state index contributed by atoms with van der Waals surface area (Å²) in [7, 11) is 1.78. The molecule has 24 heavy (non-hydrogen) atoms. The summed E-state index contributed by atoms with van der Waals surface area (Å²) in [4.78, 5) is 32.2. The molecule has 0 aliphatic rings. The quantitative estimate of drug-likeness (QED) is 0.743. The molecule has 0 unspecified atom stereocenters. The van der Waals surface area contributed by atoms with Gasteiger partial charge >= 0.3 is 5.97 Å². The van der Waals surface area contributed by atoms with E-state index in [0.717, 1.165) is 10.9 Å². The average molecular weight is 324 g/mol. The predicted octanol–water partition coefficient (Wildman–Crippen LogP) is 2.15. The van der Waals surface area contributed by atoms with E-state index >= 15 is 0 Å². The Hall–Kier alpha value is -3.22. The fourth-order valence-corrected chi connectivity index (χ4v) is 2.33. The van der Waals surface area contributed by atoms with Gasteiger partial charge in [0.1, 0.15) is 5.69 Å². The molecular formula is C17H16N4O3. The van der Waals surface area contributed by atoms with Crippen LogP contribution in [0, 0.1) is 0 Å². The lowest BCUT2D eigenvalue weighted by Crippen LogP contribution is -2.31. The molecule has 122 valence electrons. The molecule has 1 aromatic carbocycles. The molecule has 2 heterocycles. The summed E-state index contributed by atoms with van der Waals surface area (Å²) in [5.74, 6) is -0.895. The molecule has 1 N–H and O–H groups in total. The van der Waals surface area contributed by atoms with Gasteiger partial charge in [-0.1, -0.05) is 18.2 Å². The summed E-state index contributed by atoms with van der Waals surface area (Å²) in [6.07, 6.45) is 2.04.